The van der Waals surface area contributed by atoms with E-state index < -0.39 is 12.0 Å². The third-order valence-corrected chi connectivity index (χ3v) is 7.81. The van der Waals surface area contributed by atoms with Crippen LogP contribution in [0, 0.1) is 0 Å². The maximum absolute atomic E-state index is 14.0. The molecule has 1 atom stereocenters. The fourth-order valence-electron chi connectivity index (χ4n) is 4.84. The Hall–Kier alpha value is -3.34. The summed E-state index contributed by atoms with van der Waals surface area (Å²) in [4.78, 5) is 34.7. The van der Waals surface area contributed by atoms with Crippen molar-refractivity contribution in [3.63, 3.8) is 0 Å². The number of halogens is 1. The molecule has 39 heavy (non-hydrogen) atoms. The smallest absolute Gasteiger partial charge is 0.338 e. The highest BCUT2D eigenvalue weighted by atomic mass is 35.5. The lowest BCUT2D eigenvalue weighted by Gasteiger charge is -2.27. The Morgan fingerprint density at radius 1 is 1.23 bits per heavy atom. The number of methoxy groups -OCH3 is 1. The van der Waals surface area contributed by atoms with E-state index in [4.69, 9.17) is 35.2 Å². The van der Waals surface area contributed by atoms with Gasteiger partial charge in [-0.15, -0.1) is 0 Å². The predicted octanol–water partition coefficient (Wildman–Crippen LogP) is 3.67. The first-order valence-corrected chi connectivity index (χ1v) is 14.1. The maximum atomic E-state index is 14.0. The number of carbonyl (C=O) groups is 1. The van der Waals surface area contributed by atoms with Gasteiger partial charge in [-0.25, -0.2) is 9.79 Å². The summed E-state index contributed by atoms with van der Waals surface area (Å²) in [5.41, 5.74) is 1.18. The highest BCUT2D eigenvalue weighted by Crippen LogP contribution is 2.38. The zero-order chi connectivity index (χ0) is 27.5. The number of benzene rings is 1. The first kappa shape index (κ1) is 27.2. The lowest BCUT2D eigenvalue weighted by Crippen LogP contribution is -2.40. The number of aromatic nitrogens is 1. The van der Waals surface area contributed by atoms with Crippen molar-refractivity contribution in [2.24, 2.45) is 4.99 Å². The number of ether oxygens (including phenoxy) is 3. The van der Waals surface area contributed by atoms with Gasteiger partial charge in [-0.05, 0) is 37.6 Å². The summed E-state index contributed by atoms with van der Waals surface area (Å²) in [6.45, 7) is 6.72. The molecule has 1 saturated heterocycles. The van der Waals surface area contributed by atoms with Crippen molar-refractivity contribution in [2.45, 2.75) is 32.7 Å². The summed E-state index contributed by atoms with van der Waals surface area (Å²) in [7, 11) is 1.54. The van der Waals surface area contributed by atoms with E-state index in [1.54, 1.807) is 38.3 Å². The van der Waals surface area contributed by atoms with Crippen LogP contribution in [0.5, 0.6) is 5.75 Å². The number of hydrogen-bond acceptors (Lipinski definition) is 9. The summed E-state index contributed by atoms with van der Waals surface area (Å²) in [5.74, 6) is 1.26. The van der Waals surface area contributed by atoms with Crippen LogP contribution in [0.4, 0.5) is 5.88 Å². The molecule has 11 heteroatoms. The molecule has 2 aliphatic heterocycles. The van der Waals surface area contributed by atoms with Crippen LogP contribution in [0.1, 0.15) is 44.1 Å². The highest BCUT2D eigenvalue weighted by Gasteiger charge is 2.36. The highest BCUT2D eigenvalue weighted by molar-refractivity contribution is 7.07. The maximum Gasteiger partial charge on any atom is 0.338 e. The summed E-state index contributed by atoms with van der Waals surface area (Å²) in [5, 5.41) is 0.455. The molecule has 0 N–H and O–H groups in total. The minimum absolute atomic E-state index is 0.190. The molecular formula is C28H30ClN3O6S. The van der Waals surface area contributed by atoms with Crippen molar-refractivity contribution in [1.29, 1.82) is 0 Å². The van der Waals surface area contributed by atoms with Crippen LogP contribution < -0.4 is 24.5 Å². The van der Waals surface area contributed by atoms with Crippen LogP contribution >= 0.6 is 22.9 Å². The summed E-state index contributed by atoms with van der Waals surface area (Å²) >= 11 is 7.65. The SMILES string of the molecule is CCCC1=C(C(=O)OCC)[C@H](c2cc(Cl)ccc2OC)n2c(s/c(=C/c3ccc(N4CCOCC4)o3)c2=O)=N1. The second-order valence-corrected chi connectivity index (χ2v) is 10.5. The van der Waals surface area contributed by atoms with Crippen molar-refractivity contribution >= 4 is 40.9 Å². The van der Waals surface area contributed by atoms with E-state index in [0.29, 0.717) is 62.3 Å². The number of rotatable bonds is 8. The molecule has 0 unspecified atom stereocenters. The molecular weight excluding hydrogens is 542 g/mol. The van der Waals surface area contributed by atoms with E-state index in [1.807, 2.05) is 19.1 Å². The number of morpholine rings is 1. The Bertz CT molecular complexity index is 1580. The Labute approximate surface area is 234 Å². The zero-order valence-electron chi connectivity index (χ0n) is 22.1. The molecule has 0 saturated carbocycles. The molecule has 2 aromatic heterocycles. The second-order valence-electron chi connectivity index (χ2n) is 9.08. The number of nitrogens with zero attached hydrogens (tertiary/aromatic N) is 3. The minimum atomic E-state index is -0.821. The fourth-order valence-corrected chi connectivity index (χ4v) is 6.02. The van der Waals surface area contributed by atoms with Crippen LogP contribution in [0.15, 0.2) is 55.8 Å². The normalized spacial score (nSPS) is 17.7. The number of esters is 1. The molecule has 3 aromatic rings. The van der Waals surface area contributed by atoms with Gasteiger partial charge in [0.05, 0.1) is 42.7 Å². The Balaban J connectivity index is 1.69. The van der Waals surface area contributed by atoms with Crippen molar-refractivity contribution in [3.8, 4) is 5.75 Å². The average molecular weight is 572 g/mol. The van der Waals surface area contributed by atoms with Gasteiger partial charge in [0.15, 0.2) is 10.7 Å². The van der Waals surface area contributed by atoms with Gasteiger partial charge in [0.1, 0.15) is 17.6 Å². The van der Waals surface area contributed by atoms with Crippen LogP contribution in [-0.2, 0) is 14.3 Å². The molecule has 4 heterocycles. The average Bonchev–Trinajstić information content (AvgIpc) is 3.53. The van der Waals surface area contributed by atoms with Gasteiger partial charge in [-0.3, -0.25) is 9.36 Å². The summed E-state index contributed by atoms with van der Waals surface area (Å²) in [6, 6.07) is 8.07. The summed E-state index contributed by atoms with van der Waals surface area (Å²) < 4.78 is 24.5. The van der Waals surface area contributed by atoms with E-state index in [1.165, 1.54) is 15.9 Å². The third-order valence-electron chi connectivity index (χ3n) is 6.59. The predicted molar refractivity (Wildman–Crippen MR) is 149 cm³/mol. The van der Waals surface area contributed by atoms with Crippen LogP contribution in [0.3, 0.4) is 0 Å². The fraction of sp³-hybridized carbons (Fsp3) is 0.393. The number of anilines is 1. The number of hydrogen-bond donors (Lipinski definition) is 0. The van der Waals surface area contributed by atoms with Gasteiger partial charge in [0.25, 0.3) is 5.56 Å². The van der Waals surface area contributed by atoms with Crippen LogP contribution in [-0.4, -0.2) is 50.6 Å². The monoisotopic (exact) mass is 571 g/mol. The Morgan fingerprint density at radius 2 is 2.03 bits per heavy atom. The van der Waals surface area contributed by atoms with Crippen molar-refractivity contribution in [2.75, 3.05) is 44.9 Å². The molecule has 1 fully saturated rings. The van der Waals surface area contributed by atoms with E-state index in [-0.39, 0.29) is 12.2 Å². The van der Waals surface area contributed by atoms with Crippen molar-refractivity contribution in [1.82, 2.24) is 4.57 Å². The second kappa shape index (κ2) is 11.8. The molecule has 0 amide bonds. The molecule has 0 bridgehead atoms. The van der Waals surface area contributed by atoms with Crippen molar-refractivity contribution < 1.29 is 23.4 Å². The number of fused-ring (bicyclic) bond motifs is 1. The Kier molecular flexibility index (Phi) is 8.25. The van der Waals surface area contributed by atoms with Gasteiger partial charge in [-0.2, -0.15) is 0 Å². The largest absolute Gasteiger partial charge is 0.496 e. The van der Waals surface area contributed by atoms with Crippen LogP contribution in [0.2, 0.25) is 5.02 Å². The van der Waals surface area contributed by atoms with E-state index in [0.717, 1.165) is 25.4 Å². The number of thiazole rings is 1. The van der Waals surface area contributed by atoms with Gasteiger partial charge >= 0.3 is 5.97 Å². The summed E-state index contributed by atoms with van der Waals surface area (Å²) in [6.07, 6.45) is 3.01. The molecule has 2 aliphatic rings. The minimum Gasteiger partial charge on any atom is -0.496 e. The quantitative estimate of drug-likeness (QED) is 0.381. The third kappa shape index (κ3) is 5.41. The topological polar surface area (TPSA) is 95.5 Å². The number of allylic oxidation sites excluding steroid dienone is 1. The van der Waals surface area contributed by atoms with Crippen molar-refractivity contribution in [3.05, 3.63) is 77.6 Å². The van der Waals surface area contributed by atoms with Gasteiger partial charge in [0, 0.05) is 35.8 Å². The van der Waals surface area contributed by atoms with E-state index in [9.17, 15) is 9.59 Å². The molecule has 206 valence electrons. The molecule has 9 nitrogen and oxygen atoms in total. The van der Waals surface area contributed by atoms with Gasteiger partial charge < -0.3 is 23.5 Å². The Morgan fingerprint density at radius 3 is 2.74 bits per heavy atom. The molecule has 5 rings (SSSR count). The van der Waals surface area contributed by atoms with Gasteiger partial charge in [-0.1, -0.05) is 36.3 Å². The van der Waals surface area contributed by atoms with E-state index in [2.05, 4.69) is 4.90 Å². The van der Waals surface area contributed by atoms with Crippen LogP contribution in [0.25, 0.3) is 6.08 Å². The molecule has 1 aromatic carbocycles. The molecule has 0 radical (unpaired) electrons. The lowest BCUT2D eigenvalue weighted by atomic mass is 9.93. The number of carbonyl (C=O) groups excluding carboxylic acids is 1. The van der Waals surface area contributed by atoms with Gasteiger partial charge in [0.2, 0.25) is 0 Å². The lowest BCUT2D eigenvalue weighted by molar-refractivity contribution is -0.139. The first-order valence-electron chi connectivity index (χ1n) is 12.9. The standard InChI is InChI=1S/C28H30ClN3O6S/c1-4-6-20-24(27(34)37-5-2)25(19-15-17(29)7-9-21(19)35-3)32-26(33)22(39-28(32)30-20)16-18-8-10-23(38-18)31-11-13-36-14-12-31/h7-10,15-16,25H,4-6,11-14H2,1-3H3/b22-16+/t25-/m0/s1. The van der Waals surface area contributed by atoms with E-state index >= 15 is 0 Å². The molecule has 0 aliphatic carbocycles. The first-order chi connectivity index (χ1) is 18.9. The zero-order valence-corrected chi connectivity index (χ0v) is 23.6. The number of furan rings is 1. The molecule has 0 spiro atoms.